The number of nitrogens with zero attached hydrogens (tertiary/aromatic N) is 2. The van der Waals surface area contributed by atoms with Crippen LogP contribution in [0.1, 0.15) is 6.42 Å². The number of aromatic hydroxyl groups is 1. The smallest absolute Gasteiger partial charge is 0.417 e. The molecule has 6 heteroatoms. The maximum absolute atomic E-state index is 13.1. The number of hydrogen-bond acceptors (Lipinski definition) is 2. The van der Waals surface area contributed by atoms with Crippen LogP contribution in [-0.2, 0) is 5.54 Å². The van der Waals surface area contributed by atoms with Crippen LogP contribution in [0.2, 0.25) is 0 Å². The summed E-state index contributed by atoms with van der Waals surface area (Å²) >= 11 is 0. The Balaban J connectivity index is 2.57. The molecule has 1 atom stereocenters. The van der Waals surface area contributed by atoms with Gasteiger partial charge in [-0.3, -0.25) is 0 Å². The van der Waals surface area contributed by atoms with E-state index in [4.69, 9.17) is 0 Å². The van der Waals surface area contributed by atoms with Crippen molar-refractivity contribution in [2.45, 2.75) is 18.1 Å². The van der Waals surface area contributed by atoms with E-state index >= 15 is 0 Å². The molecule has 1 aromatic rings. The van der Waals surface area contributed by atoms with Crippen molar-refractivity contribution in [1.82, 2.24) is 9.78 Å². The molecule has 0 saturated carbocycles. The Morgan fingerprint density at radius 1 is 1.38 bits per heavy atom. The van der Waals surface area contributed by atoms with Gasteiger partial charge < -0.3 is 5.11 Å². The molecule has 0 amide bonds. The normalized spacial score (nSPS) is 24.9. The lowest BCUT2D eigenvalue weighted by Crippen LogP contribution is -2.46. The fraction of sp³-hybridized carbons (Fsp3) is 0.300. The van der Waals surface area contributed by atoms with Gasteiger partial charge in [-0.2, -0.15) is 18.3 Å². The molecule has 1 heterocycles. The number of aromatic nitrogens is 2. The molecule has 1 aliphatic carbocycles. The molecule has 2 rings (SSSR count). The van der Waals surface area contributed by atoms with Gasteiger partial charge >= 0.3 is 6.18 Å². The van der Waals surface area contributed by atoms with E-state index in [2.05, 4.69) is 5.10 Å². The van der Waals surface area contributed by atoms with Crippen LogP contribution in [0.4, 0.5) is 13.2 Å². The highest BCUT2D eigenvalue weighted by Gasteiger charge is 2.55. The SMILES string of the molecule is Oc1ccnn1C1(C(F)(F)F)C=CC=CC1. The van der Waals surface area contributed by atoms with Crippen LogP contribution in [-0.4, -0.2) is 21.1 Å². The predicted molar refractivity (Wildman–Crippen MR) is 50.8 cm³/mol. The first-order chi connectivity index (χ1) is 7.47. The van der Waals surface area contributed by atoms with E-state index in [0.717, 1.165) is 18.3 Å². The summed E-state index contributed by atoms with van der Waals surface area (Å²) in [6.07, 6.45) is 1.58. The van der Waals surface area contributed by atoms with Crippen molar-refractivity contribution in [2.24, 2.45) is 0 Å². The van der Waals surface area contributed by atoms with Crippen LogP contribution < -0.4 is 0 Å². The first-order valence-corrected chi connectivity index (χ1v) is 4.62. The van der Waals surface area contributed by atoms with Gasteiger partial charge in [-0.25, -0.2) is 4.68 Å². The first kappa shape index (κ1) is 10.8. The van der Waals surface area contributed by atoms with Crippen molar-refractivity contribution in [3.05, 3.63) is 36.6 Å². The van der Waals surface area contributed by atoms with E-state index in [9.17, 15) is 18.3 Å². The van der Waals surface area contributed by atoms with E-state index in [1.54, 1.807) is 0 Å². The van der Waals surface area contributed by atoms with Crippen LogP contribution in [0.25, 0.3) is 0 Å². The van der Waals surface area contributed by atoms with Crippen LogP contribution in [0.5, 0.6) is 5.88 Å². The summed E-state index contributed by atoms with van der Waals surface area (Å²) in [4.78, 5) is 0. The minimum Gasteiger partial charge on any atom is -0.493 e. The molecule has 16 heavy (non-hydrogen) atoms. The molecule has 0 spiro atoms. The van der Waals surface area contributed by atoms with Crippen molar-refractivity contribution < 1.29 is 18.3 Å². The van der Waals surface area contributed by atoms with Crippen molar-refractivity contribution >= 4 is 0 Å². The third-order valence-corrected chi connectivity index (χ3v) is 2.54. The Morgan fingerprint density at radius 3 is 2.56 bits per heavy atom. The number of halogens is 3. The maximum atomic E-state index is 13.1. The Hall–Kier alpha value is -1.72. The van der Waals surface area contributed by atoms with Gasteiger partial charge in [-0.05, 0) is 6.08 Å². The Kier molecular flexibility index (Phi) is 2.29. The summed E-state index contributed by atoms with van der Waals surface area (Å²) in [6, 6.07) is 1.12. The molecule has 1 aromatic heterocycles. The second-order valence-corrected chi connectivity index (χ2v) is 3.51. The number of rotatable bonds is 1. The summed E-state index contributed by atoms with van der Waals surface area (Å²) in [7, 11) is 0. The molecule has 0 aliphatic heterocycles. The van der Waals surface area contributed by atoms with Crippen LogP contribution in [0.3, 0.4) is 0 Å². The Morgan fingerprint density at radius 2 is 2.12 bits per heavy atom. The summed E-state index contributed by atoms with van der Waals surface area (Å²) in [5, 5.41) is 12.9. The standard InChI is InChI=1S/C10H9F3N2O/c11-10(12,13)9(5-2-1-3-6-9)15-8(16)4-7-14-15/h1-5,7,16H,6H2. The number of hydrogen-bond donors (Lipinski definition) is 1. The highest BCUT2D eigenvalue weighted by atomic mass is 19.4. The zero-order valence-corrected chi connectivity index (χ0v) is 8.15. The minimum absolute atomic E-state index is 0.276. The largest absolute Gasteiger partial charge is 0.493 e. The highest BCUT2D eigenvalue weighted by Crippen LogP contribution is 2.43. The Bertz CT molecular complexity index is 447. The lowest BCUT2D eigenvalue weighted by Gasteiger charge is -2.33. The molecule has 0 radical (unpaired) electrons. The summed E-state index contributed by atoms with van der Waals surface area (Å²) < 4.78 is 39.8. The monoisotopic (exact) mass is 230 g/mol. The maximum Gasteiger partial charge on any atom is 0.417 e. The zero-order valence-electron chi connectivity index (χ0n) is 8.15. The van der Waals surface area contributed by atoms with E-state index in [-0.39, 0.29) is 6.42 Å². The van der Waals surface area contributed by atoms with E-state index < -0.39 is 17.6 Å². The number of alkyl halides is 3. The third-order valence-electron chi connectivity index (χ3n) is 2.54. The van der Waals surface area contributed by atoms with Gasteiger partial charge in [0.15, 0.2) is 5.54 Å². The van der Waals surface area contributed by atoms with E-state index in [0.29, 0.717) is 4.68 Å². The summed E-state index contributed by atoms with van der Waals surface area (Å²) in [5.41, 5.74) is -2.28. The zero-order chi connectivity index (χ0) is 11.8. The molecule has 0 bridgehead atoms. The molecule has 3 nitrogen and oxygen atoms in total. The Labute approximate surface area is 89.5 Å². The molecule has 1 aliphatic rings. The van der Waals surface area contributed by atoms with Crippen molar-refractivity contribution in [1.29, 1.82) is 0 Å². The summed E-state index contributed by atoms with van der Waals surface area (Å²) in [5.74, 6) is -0.503. The van der Waals surface area contributed by atoms with Crippen LogP contribution in [0, 0.1) is 0 Å². The molecule has 1 unspecified atom stereocenters. The van der Waals surface area contributed by atoms with Gasteiger partial charge in [-0.1, -0.05) is 18.2 Å². The molecule has 86 valence electrons. The van der Waals surface area contributed by atoms with Crippen molar-refractivity contribution in [3.63, 3.8) is 0 Å². The number of allylic oxidation sites excluding steroid dienone is 4. The van der Waals surface area contributed by atoms with Crippen LogP contribution in [0.15, 0.2) is 36.6 Å². The molecular weight excluding hydrogens is 221 g/mol. The van der Waals surface area contributed by atoms with Crippen molar-refractivity contribution in [2.75, 3.05) is 0 Å². The lowest BCUT2D eigenvalue weighted by atomic mass is 9.90. The second kappa shape index (κ2) is 3.40. The van der Waals surface area contributed by atoms with Gasteiger partial charge in [-0.15, -0.1) is 0 Å². The lowest BCUT2D eigenvalue weighted by molar-refractivity contribution is -0.201. The second-order valence-electron chi connectivity index (χ2n) is 3.51. The van der Waals surface area contributed by atoms with Gasteiger partial charge in [0.1, 0.15) is 0 Å². The van der Waals surface area contributed by atoms with Crippen LogP contribution >= 0.6 is 0 Å². The molecule has 0 fully saturated rings. The average molecular weight is 230 g/mol. The quantitative estimate of drug-likeness (QED) is 0.804. The predicted octanol–water partition coefficient (Wildman–Crippen LogP) is 2.36. The van der Waals surface area contributed by atoms with Gasteiger partial charge in [0.05, 0.1) is 6.20 Å². The molecule has 0 saturated heterocycles. The summed E-state index contributed by atoms with van der Waals surface area (Å²) in [6.45, 7) is 0. The first-order valence-electron chi connectivity index (χ1n) is 4.62. The van der Waals surface area contributed by atoms with Gasteiger partial charge in [0, 0.05) is 12.5 Å². The fourth-order valence-electron chi connectivity index (χ4n) is 1.70. The topological polar surface area (TPSA) is 38.1 Å². The van der Waals surface area contributed by atoms with Gasteiger partial charge in [0.25, 0.3) is 0 Å². The van der Waals surface area contributed by atoms with Gasteiger partial charge in [0.2, 0.25) is 5.88 Å². The minimum atomic E-state index is -4.52. The molecule has 0 aromatic carbocycles. The third kappa shape index (κ3) is 1.41. The van der Waals surface area contributed by atoms with E-state index in [1.165, 1.54) is 18.2 Å². The fourth-order valence-corrected chi connectivity index (χ4v) is 1.70. The molecular formula is C10H9F3N2O. The van der Waals surface area contributed by atoms with Crippen molar-refractivity contribution in [3.8, 4) is 5.88 Å². The molecule has 1 N–H and O–H groups in total. The highest BCUT2D eigenvalue weighted by molar-refractivity contribution is 5.25. The average Bonchev–Trinajstić information content (AvgIpc) is 2.64. The van der Waals surface area contributed by atoms with E-state index in [1.807, 2.05) is 0 Å².